The molecule has 0 spiro atoms. The van der Waals surface area contributed by atoms with E-state index < -0.39 is 35.6 Å². The Morgan fingerprint density at radius 3 is 2.63 bits per heavy atom. The normalized spacial score (nSPS) is 16.4. The third kappa shape index (κ3) is 4.00. The molecule has 0 aliphatic carbocycles. The van der Waals surface area contributed by atoms with Crippen molar-refractivity contribution in [3.05, 3.63) is 47.4 Å². The summed E-state index contributed by atoms with van der Waals surface area (Å²) in [7, 11) is 2.64. The molecule has 30 heavy (non-hydrogen) atoms. The number of hydrogen-bond acceptors (Lipinski definition) is 5. The van der Waals surface area contributed by atoms with E-state index in [0.717, 1.165) is 21.9 Å². The van der Waals surface area contributed by atoms with Crippen molar-refractivity contribution < 1.29 is 36.6 Å². The fourth-order valence-corrected chi connectivity index (χ4v) is 3.00. The number of likely N-dealkylation sites (N-methyl/N-ethyl adjacent to an activating group) is 1. The number of methoxy groups -OCH3 is 1. The number of pyridine rings is 1. The number of alkyl halides is 3. The molecular formula is C19H17F4N3O4. The molecule has 1 saturated heterocycles. The third-order valence-corrected chi connectivity index (χ3v) is 4.52. The molecule has 2 aromatic rings. The molecule has 0 radical (unpaired) electrons. The SMILES string of the molecule is COc1cc(N(C)C(=O)C2COC(=O)N2c2cc(C(F)(F)F)cc(C)n2)ccc1F. The number of amides is 2. The van der Waals surface area contributed by atoms with Crippen LogP contribution >= 0.6 is 0 Å². The van der Waals surface area contributed by atoms with Gasteiger partial charge in [0.25, 0.3) is 5.91 Å². The number of rotatable bonds is 4. The van der Waals surface area contributed by atoms with Crippen LogP contribution in [0.5, 0.6) is 5.75 Å². The highest BCUT2D eigenvalue weighted by atomic mass is 19.4. The Morgan fingerprint density at radius 2 is 2.00 bits per heavy atom. The van der Waals surface area contributed by atoms with E-state index in [9.17, 15) is 27.2 Å². The van der Waals surface area contributed by atoms with Crippen LogP contribution in [-0.2, 0) is 15.7 Å². The number of aryl methyl sites for hydroxylation is 1. The van der Waals surface area contributed by atoms with Gasteiger partial charge in [0, 0.05) is 24.5 Å². The first kappa shape index (κ1) is 21.3. The molecule has 1 aliphatic heterocycles. The molecule has 11 heteroatoms. The number of hydrogen-bond donors (Lipinski definition) is 0. The van der Waals surface area contributed by atoms with Gasteiger partial charge in [-0.05, 0) is 31.2 Å². The van der Waals surface area contributed by atoms with E-state index in [-0.39, 0.29) is 29.6 Å². The molecule has 0 bridgehead atoms. The van der Waals surface area contributed by atoms with Crippen LogP contribution in [0.4, 0.5) is 33.9 Å². The number of benzene rings is 1. The van der Waals surface area contributed by atoms with Crippen molar-refractivity contribution >= 4 is 23.5 Å². The fraction of sp³-hybridized carbons (Fsp3) is 0.316. The predicted octanol–water partition coefficient (Wildman–Crippen LogP) is 3.54. The molecule has 1 aromatic heterocycles. The molecule has 2 heterocycles. The number of aromatic nitrogens is 1. The van der Waals surface area contributed by atoms with Crippen LogP contribution in [0.2, 0.25) is 0 Å². The molecule has 1 unspecified atom stereocenters. The summed E-state index contributed by atoms with van der Waals surface area (Å²) in [5, 5.41) is 0. The zero-order valence-corrected chi connectivity index (χ0v) is 16.2. The molecule has 0 N–H and O–H groups in total. The van der Waals surface area contributed by atoms with Gasteiger partial charge in [0.05, 0.1) is 12.7 Å². The van der Waals surface area contributed by atoms with Crippen molar-refractivity contribution in [1.29, 1.82) is 0 Å². The van der Waals surface area contributed by atoms with Crippen molar-refractivity contribution in [3.8, 4) is 5.75 Å². The summed E-state index contributed by atoms with van der Waals surface area (Å²) in [5.74, 6) is -1.75. The topological polar surface area (TPSA) is 72.0 Å². The molecular weight excluding hydrogens is 410 g/mol. The number of ether oxygens (including phenoxy) is 2. The van der Waals surface area contributed by atoms with E-state index in [4.69, 9.17) is 9.47 Å². The molecule has 2 amide bonds. The van der Waals surface area contributed by atoms with E-state index in [1.54, 1.807) is 0 Å². The Balaban J connectivity index is 1.95. The first-order valence-corrected chi connectivity index (χ1v) is 8.66. The van der Waals surface area contributed by atoms with E-state index in [2.05, 4.69) is 4.98 Å². The standard InChI is InChI=1S/C19H17F4N3O4/c1-10-6-11(19(21,22)23)7-16(24-10)26-14(9-30-18(26)28)17(27)25(2)12-4-5-13(20)15(8-12)29-3/h4-8,14H,9H2,1-3H3. The Labute approximate surface area is 168 Å². The van der Waals surface area contributed by atoms with Crippen LogP contribution in [0.3, 0.4) is 0 Å². The smallest absolute Gasteiger partial charge is 0.416 e. The van der Waals surface area contributed by atoms with Crippen molar-refractivity contribution in [2.75, 3.05) is 30.6 Å². The predicted molar refractivity (Wildman–Crippen MR) is 98.0 cm³/mol. The minimum atomic E-state index is -4.66. The largest absolute Gasteiger partial charge is 0.494 e. The van der Waals surface area contributed by atoms with Crippen LogP contribution in [0.25, 0.3) is 0 Å². The number of anilines is 2. The quantitative estimate of drug-likeness (QED) is 0.698. The highest BCUT2D eigenvalue weighted by molar-refractivity contribution is 6.05. The molecule has 0 saturated carbocycles. The number of carbonyl (C=O) groups is 2. The van der Waals surface area contributed by atoms with Gasteiger partial charge in [0.1, 0.15) is 12.4 Å². The molecule has 7 nitrogen and oxygen atoms in total. The molecule has 1 aliphatic rings. The maximum Gasteiger partial charge on any atom is 0.416 e. The number of halogens is 4. The van der Waals surface area contributed by atoms with Gasteiger partial charge in [-0.25, -0.2) is 19.1 Å². The van der Waals surface area contributed by atoms with Gasteiger partial charge in [-0.3, -0.25) is 4.79 Å². The second-order valence-electron chi connectivity index (χ2n) is 6.53. The highest BCUT2D eigenvalue weighted by Gasteiger charge is 2.43. The summed E-state index contributed by atoms with van der Waals surface area (Å²) in [5.41, 5.74) is -0.736. The third-order valence-electron chi connectivity index (χ3n) is 4.52. The lowest BCUT2D eigenvalue weighted by atomic mass is 10.2. The van der Waals surface area contributed by atoms with Crippen LogP contribution in [0.1, 0.15) is 11.3 Å². The van der Waals surface area contributed by atoms with Gasteiger partial charge in [-0.2, -0.15) is 13.2 Å². The summed E-state index contributed by atoms with van der Waals surface area (Å²) < 4.78 is 62.9. The fourth-order valence-electron chi connectivity index (χ4n) is 3.00. The van der Waals surface area contributed by atoms with Gasteiger partial charge in [0.15, 0.2) is 17.6 Å². The first-order chi connectivity index (χ1) is 14.0. The van der Waals surface area contributed by atoms with E-state index in [1.165, 1.54) is 33.2 Å². The van der Waals surface area contributed by atoms with Crippen molar-refractivity contribution in [3.63, 3.8) is 0 Å². The monoisotopic (exact) mass is 427 g/mol. The lowest BCUT2D eigenvalue weighted by Gasteiger charge is -2.26. The summed E-state index contributed by atoms with van der Waals surface area (Å²) >= 11 is 0. The number of carbonyl (C=O) groups excluding carboxylic acids is 2. The van der Waals surface area contributed by atoms with Crippen molar-refractivity contribution in [2.45, 2.75) is 19.1 Å². The van der Waals surface area contributed by atoms with Gasteiger partial charge >= 0.3 is 12.3 Å². The molecule has 3 rings (SSSR count). The zero-order chi connectivity index (χ0) is 22.2. The maximum atomic E-state index is 13.6. The summed E-state index contributed by atoms with van der Waals surface area (Å²) in [6, 6.07) is 3.96. The van der Waals surface area contributed by atoms with Gasteiger partial charge in [-0.15, -0.1) is 0 Å². The van der Waals surface area contributed by atoms with Crippen molar-refractivity contribution in [1.82, 2.24) is 4.98 Å². The Kier molecular flexibility index (Phi) is 5.55. The van der Waals surface area contributed by atoms with Crippen LogP contribution in [0.15, 0.2) is 30.3 Å². The number of nitrogens with zero attached hydrogens (tertiary/aromatic N) is 3. The molecule has 1 atom stereocenters. The minimum Gasteiger partial charge on any atom is -0.494 e. The lowest BCUT2D eigenvalue weighted by Crippen LogP contribution is -2.47. The Bertz CT molecular complexity index is 996. The average molecular weight is 427 g/mol. The second-order valence-corrected chi connectivity index (χ2v) is 6.53. The minimum absolute atomic E-state index is 0.0161. The van der Waals surface area contributed by atoms with Gasteiger partial charge < -0.3 is 14.4 Å². The van der Waals surface area contributed by atoms with Gasteiger partial charge in [0.2, 0.25) is 0 Å². The first-order valence-electron chi connectivity index (χ1n) is 8.66. The van der Waals surface area contributed by atoms with E-state index in [1.807, 2.05) is 0 Å². The summed E-state index contributed by atoms with van der Waals surface area (Å²) in [6.45, 7) is 0.963. The summed E-state index contributed by atoms with van der Waals surface area (Å²) in [6.07, 6.45) is -5.66. The van der Waals surface area contributed by atoms with E-state index in [0.29, 0.717) is 6.07 Å². The summed E-state index contributed by atoms with van der Waals surface area (Å²) in [4.78, 5) is 31.1. The van der Waals surface area contributed by atoms with Crippen molar-refractivity contribution in [2.24, 2.45) is 0 Å². The van der Waals surface area contributed by atoms with Gasteiger partial charge in [-0.1, -0.05) is 0 Å². The van der Waals surface area contributed by atoms with Crippen LogP contribution in [-0.4, -0.2) is 43.8 Å². The van der Waals surface area contributed by atoms with Crippen LogP contribution < -0.4 is 14.5 Å². The maximum absolute atomic E-state index is 13.6. The highest BCUT2D eigenvalue weighted by Crippen LogP contribution is 2.33. The lowest BCUT2D eigenvalue weighted by molar-refractivity contribution is -0.137. The van der Waals surface area contributed by atoms with Crippen LogP contribution in [0, 0.1) is 12.7 Å². The van der Waals surface area contributed by atoms with E-state index >= 15 is 0 Å². The molecule has 160 valence electrons. The zero-order valence-electron chi connectivity index (χ0n) is 16.2. The molecule has 1 aromatic carbocycles. The average Bonchev–Trinajstić information content (AvgIpc) is 3.07. The Morgan fingerprint density at radius 1 is 1.30 bits per heavy atom. The second kappa shape index (κ2) is 7.81. The molecule has 1 fully saturated rings. The Hall–Kier alpha value is -3.37. The number of cyclic esters (lactones) is 1.